The molecule has 0 aromatic heterocycles. The fraction of sp³-hybridized carbons (Fsp3) is 0.538. The summed E-state index contributed by atoms with van der Waals surface area (Å²) in [4.78, 5) is 9.96. The number of sulfone groups is 1. The van der Waals surface area contributed by atoms with Crippen molar-refractivity contribution < 1.29 is 18.4 Å². The van der Waals surface area contributed by atoms with Crippen LogP contribution in [0.5, 0.6) is 0 Å². The highest BCUT2D eigenvalue weighted by molar-refractivity contribution is 7.91. The zero-order valence-corrected chi connectivity index (χ0v) is 12.7. The minimum Gasteiger partial charge on any atom is -0.396 e. The van der Waals surface area contributed by atoms with Crippen LogP contribution in [0.1, 0.15) is 19.8 Å². The topological polar surface area (TPSA) is 110 Å². The van der Waals surface area contributed by atoms with Gasteiger partial charge >= 0.3 is 0 Å². The Hall–Kier alpha value is -1.51. The van der Waals surface area contributed by atoms with Crippen molar-refractivity contribution in [2.24, 2.45) is 0 Å². The van der Waals surface area contributed by atoms with E-state index in [1.54, 1.807) is 0 Å². The zero-order chi connectivity index (χ0) is 15.9. The maximum Gasteiger partial charge on any atom is 0.287 e. The van der Waals surface area contributed by atoms with Gasteiger partial charge in [0, 0.05) is 18.7 Å². The van der Waals surface area contributed by atoms with Crippen molar-refractivity contribution in [2.75, 3.05) is 18.9 Å². The number of rotatable bonds is 9. The summed E-state index contributed by atoms with van der Waals surface area (Å²) in [5.41, 5.74) is -0.421. The first-order valence-corrected chi connectivity index (χ1v) is 8.38. The number of para-hydroxylation sites is 1. The monoisotopic (exact) mass is 316 g/mol. The number of hydrogen-bond donors (Lipinski definition) is 2. The maximum atomic E-state index is 12.4. The molecule has 0 radical (unpaired) electrons. The summed E-state index contributed by atoms with van der Waals surface area (Å²) in [5, 5.41) is 23.0. The summed E-state index contributed by atoms with van der Waals surface area (Å²) >= 11 is 0. The van der Waals surface area contributed by atoms with Crippen molar-refractivity contribution >= 4 is 15.5 Å². The molecule has 8 heteroatoms. The second-order valence-electron chi connectivity index (χ2n) is 4.67. The van der Waals surface area contributed by atoms with Crippen LogP contribution in [-0.2, 0) is 9.84 Å². The first-order chi connectivity index (χ1) is 9.92. The van der Waals surface area contributed by atoms with E-state index in [1.165, 1.54) is 24.3 Å². The van der Waals surface area contributed by atoms with Gasteiger partial charge < -0.3 is 10.4 Å². The Morgan fingerprint density at radius 1 is 1.38 bits per heavy atom. The van der Waals surface area contributed by atoms with Crippen LogP contribution in [-0.4, -0.2) is 43.4 Å². The third-order valence-corrected chi connectivity index (χ3v) is 4.83. The number of nitro groups is 1. The van der Waals surface area contributed by atoms with E-state index in [9.17, 15) is 18.5 Å². The standard InChI is InChI=1S/C13H20N2O5S/c1-2-8-14-11(7-9-16)10-21(19,20)13-6-4-3-5-12(13)15(17)18/h3-6,11,14,16H,2,7-10H2,1H3. The van der Waals surface area contributed by atoms with Gasteiger partial charge in [0.25, 0.3) is 5.69 Å². The molecule has 21 heavy (non-hydrogen) atoms. The van der Waals surface area contributed by atoms with Gasteiger partial charge in [-0.2, -0.15) is 0 Å². The van der Waals surface area contributed by atoms with Gasteiger partial charge in [0.1, 0.15) is 4.90 Å². The zero-order valence-electron chi connectivity index (χ0n) is 11.9. The van der Waals surface area contributed by atoms with Gasteiger partial charge in [0.2, 0.25) is 0 Å². The lowest BCUT2D eigenvalue weighted by atomic mass is 10.2. The predicted molar refractivity (Wildman–Crippen MR) is 78.9 cm³/mol. The van der Waals surface area contributed by atoms with E-state index in [-0.39, 0.29) is 23.7 Å². The molecule has 0 aliphatic carbocycles. The van der Waals surface area contributed by atoms with Crippen molar-refractivity contribution in [1.82, 2.24) is 5.32 Å². The van der Waals surface area contributed by atoms with E-state index >= 15 is 0 Å². The lowest BCUT2D eigenvalue weighted by Crippen LogP contribution is -2.37. The molecule has 0 aliphatic heterocycles. The number of nitrogens with zero attached hydrogens (tertiary/aromatic N) is 1. The SMILES string of the molecule is CCCNC(CCO)CS(=O)(=O)c1ccccc1[N+](=O)[O-]. The molecule has 0 saturated heterocycles. The number of aliphatic hydroxyl groups excluding tert-OH is 1. The molecule has 0 aliphatic rings. The number of benzene rings is 1. The highest BCUT2D eigenvalue weighted by atomic mass is 32.2. The molecular weight excluding hydrogens is 296 g/mol. The number of nitro benzene ring substituents is 1. The number of nitrogens with one attached hydrogen (secondary N) is 1. The minimum absolute atomic E-state index is 0.145. The Morgan fingerprint density at radius 3 is 2.62 bits per heavy atom. The lowest BCUT2D eigenvalue weighted by Gasteiger charge is -2.17. The quantitative estimate of drug-likeness (QED) is 0.522. The molecule has 1 rings (SSSR count). The average Bonchev–Trinajstić information content (AvgIpc) is 2.44. The molecule has 2 N–H and O–H groups in total. The van der Waals surface area contributed by atoms with E-state index in [1.807, 2.05) is 6.92 Å². The lowest BCUT2D eigenvalue weighted by molar-refractivity contribution is -0.387. The molecule has 0 spiro atoms. The largest absolute Gasteiger partial charge is 0.396 e. The van der Waals surface area contributed by atoms with Crippen LogP contribution in [0.15, 0.2) is 29.2 Å². The molecule has 0 bridgehead atoms. The molecule has 0 fully saturated rings. The van der Waals surface area contributed by atoms with Gasteiger partial charge in [-0.3, -0.25) is 10.1 Å². The molecule has 1 aromatic rings. The van der Waals surface area contributed by atoms with Crippen LogP contribution in [0.4, 0.5) is 5.69 Å². The summed E-state index contributed by atoms with van der Waals surface area (Å²) in [6, 6.07) is 4.87. The first-order valence-electron chi connectivity index (χ1n) is 6.72. The molecular formula is C13H20N2O5S. The molecule has 1 aromatic carbocycles. The van der Waals surface area contributed by atoms with Crippen molar-refractivity contribution in [3.63, 3.8) is 0 Å². The van der Waals surface area contributed by atoms with Crippen molar-refractivity contribution in [3.8, 4) is 0 Å². The number of aliphatic hydroxyl groups is 1. The normalized spacial score (nSPS) is 13.0. The third-order valence-electron chi connectivity index (χ3n) is 2.98. The second-order valence-corrected chi connectivity index (χ2v) is 6.67. The molecule has 1 unspecified atom stereocenters. The molecule has 118 valence electrons. The molecule has 0 heterocycles. The summed E-state index contributed by atoms with van der Waals surface area (Å²) < 4.78 is 24.8. The van der Waals surface area contributed by atoms with Crippen molar-refractivity contribution in [2.45, 2.75) is 30.7 Å². The van der Waals surface area contributed by atoms with Crippen LogP contribution in [0, 0.1) is 10.1 Å². The average molecular weight is 316 g/mol. The van der Waals surface area contributed by atoms with Gasteiger partial charge in [0.15, 0.2) is 9.84 Å². The smallest absolute Gasteiger partial charge is 0.287 e. The predicted octanol–water partition coefficient (Wildman–Crippen LogP) is 1.12. The summed E-state index contributed by atoms with van der Waals surface area (Å²) in [6.45, 7) is 2.42. The molecule has 7 nitrogen and oxygen atoms in total. The molecule has 0 saturated carbocycles. The molecule has 1 atom stereocenters. The van der Waals surface area contributed by atoms with Gasteiger partial charge in [0.05, 0.1) is 10.7 Å². The van der Waals surface area contributed by atoms with Gasteiger partial charge in [-0.15, -0.1) is 0 Å². The van der Waals surface area contributed by atoms with Crippen molar-refractivity contribution in [1.29, 1.82) is 0 Å². The Balaban J connectivity index is 3.01. The van der Waals surface area contributed by atoms with E-state index in [0.29, 0.717) is 6.54 Å². The minimum atomic E-state index is -3.80. The Kier molecular flexibility index (Phi) is 6.73. The Labute approximate surface area is 124 Å². The van der Waals surface area contributed by atoms with Gasteiger partial charge in [-0.05, 0) is 25.5 Å². The Bertz CT molecular complexity index is 574. The number of hydrogen-bond acceptors (Lipinski definition) is 6. The van der Waals surface area contributed by atoms with Crippen LogP contribution < -0.4 is 5.32 Å². The summed E-state index contributed by atoms with van der Waals surface area (Å²) in [7, 11) is -3.80. The fourth-order valence-corrected chi connectivity index (χ4v) is 3.72. The highest BCUT2D eigenvalue weighted by Crippen LogP contribution is 2.24. The van der Waals surface area contributed by atoms with Gasteiger partial charge in [-0.25, -0.2) is 8.42 Å². The first kappa shape index (κ1) is 17.5. The van der Waals surface area contributed by atoms with Crippen molar-refractivity contribution in [3.05, 3.63) is 34.4 Å². The third kappa shape index (κ3) is 5.07. The fourth-order valence-electron chi connectivity index (χ4n) is 1.97. The highest BCUT2D eigenvalue weighted by Gasteiger charge is 2.27. The van der Waals surface area contributed by atoms with Crippen LogP contribution in [0.3, 0.4) is 0 Å². The van der Waals surface area contributed by atoms with E-state index in [2.05, 4.69) is 5.32 Å². The van der Waals surface area contributed by atoms with Crippen LogP contribution in [0.25, 0.3) is 0 Å². The van der Waals surface area contributed by atoms with Crippen LogP contribution >= 0.6 is 0 Å². The summed E-state index contributed by atoms with van der Waals surface area (Å²) in [5.74, 6) is -0.279. The maximum absolute atomic E-state index is 12.4. The van der Waals surface area contributed by atoms with E-state index in [0.717, 1.165) is 6.42 Å². The van der Waals surface area contributed by atoms with Gasteiger partial charge in [-0.1, -0.05) is 19.1 Å². The summed E-state index contributed by atoms with van der Waals surface area (Å²) in [6.07, 6.45) is 1.10. The Morgan fingerprint density at radius 2 is 2.05 bits per heavy atom. The van der Waals surface area contributed by atoms with E-state index in [4.69, 9.17) is 5.11 Å². The van der Waals surface area contributed by atoms with Crippen LogP contribution in [0.2, 0.25) is 0 Å². The van der Waals surface area contributed by atoms with E-state index < -0.39 is 26.5 Å². The molecule has 0 amide bonds. The second kappa shape index (κ2) is 8.06.